The molecule has 0 unspecified atom stereocenters. The Labute approximate surface area is 137 Å². The molecule has 5 heteroatoms. The molecule has 0 aliphatic rings. The van der Waals surface area contributed by atoms with E-state index in [-0.39, 0.29) is 5.91 Å². The van der Waals surface area contributed by atoms with Crippen LogP contribution in [0.25, 0.3) is 0 Å². The number of aromatic nitrogens is 2. The van der Waals surface area contributed by atoms with Gasteiger partial charge in [-0.1, -0.05) is 38.0 Å². The Kier molecular flexibility index (Phi) is 6.09. The summed E-state index contributed by atoms with van der Waals surface area (Å²) in [7, 11) is 0. The van der Waals surface area contributed by atoms with Crippen molar-refractivity contribution in [3.63, 3.8) is 0 Å². The fraction of sp³-hybridized carbons (Fsp3) is 0.389. The highest BCUT2D eigenvalue weighted by Crippen LogP contribution is 2.22. The van der Waals surface area contributed by atoms with Gasteiger partial charge >= 0.3 is 0 Å². The van der Waals surface area contributed by atoms with E-state index in [2.05, 4.69) is 27.5 Å². The summed E-state index contributed by atoms with van der Waals surface area (Å²) in [5.41, 5.74) is 3.75. The van der Waals surface area contributed by atoms with Gasteiger partial charge in [-0.15, -0.1) is 0 Å². The molecule has 0 atom stereocenters. The monoisotopic (exact) mass is 312 g/mol. The molecule has 2 N–H and O–H groups in total. The van der Waals surface area contributed by atoms with Gasteiger partial charge < -0.3 is 10.6 Å². The van der Waals surface area contributed by atoms with Crippen molar-refractivity contribution in [2.45, 2.75) is 40.0 Å². The number of nitrogens with one attached hydrogen (secondary N) is 2. The Hall–Kier alpha value is -2.43. The minimum absolute atomic E-state index is 0.125. The topological polar surface area (TPSA) is 66.9 Å². The number of para-hydroxylation sites is 1. The zero-order valence-corrected chi connectivity index (χ0v) is 14.0. The van der Waals surface area contributed by atoms with Gasteiger partial charge in [-0.2, -0.15) is 0 Å². The van der Waals surface area contributed by atoms with Crippen molar-refractivity contribution in [1.82, 2.24) is 15.3 Å². The molecule has 0 aliphatic heterocycles. The highest BCUT2D eigenvalue weighted by atomic mass is 16.1. The maximum atomic E-state index is 12.0. The van der Waals surface area contributed by atoms with Crippen molar-refractivity contribution < 1.29 is 4.79 Å². The maximum absolute atomic E-state index is 12.0. The van der Waals surface area contributed by atoms with Gasteiger partial charge in [-0.25, -0.2) is 9.97 Å². The molecule has 0 fully saturated rings. The van der Waals surface area contributed by atoms with Gasteiger partial charge in [0.05, 0.1) is 5.56 Å². The predicted molar refractivity (Wildman–Crippen MR) is 93.1 cm³/mol. The first-order chi connectivity index (χ1) is 11.1. The second-order valence-corrected chi connectivity index (χ2v) is 5.65. The number of hydrogen-bond donors (Lipinski definition) is 2. The summed E-state index contributed by atoms with van der Waals surface area (Å²) in [4.78, 5) is 20.5. The van der Waals surface area contributed by atoms with E-state index in [4.69, 9.17) is 0 Å². The van der Waals surface area contributed by atoms with Crippen LogP contribution in [0, 0.1) is 13.8 Å². The maximum Gasteiger partial charge on any atom is 0.254 e. The van der Waals surface area contributed by atoms with Crippen LogP contribution >= 0.6 is 0 Å². The molecule has 0 spiro atoms. The molecule has 1 heterocycles. The van der Waals surface area contributed by atoms with Crippen LogP contribution in [0.5, 0.6) is 0 Å². The lowest BCUT2D eigenvalue weighted by Crippen LogP contribution is -2.24. The number of nitrogens with zero attached hydrogens (tertiary/aromatic N) is 2. The standard InChI is InChI=1S/C18H24N4O/c1-4-5-6-10-19-17(23)15-11-20-18(21-12-15)22-16-13(2)8-7-9-14(16)3/h7-9,11-12H,4-6,10H2,1-3H3,(H,19,23)(H,20,21,22). The zero-order chi connectivity index (χ0) is 16.7. The van der Waals surface area contributed by atoms with Crippen LogP contribution < -0.4 is 10.6 Å². The summed E-state index contributed by atoms with van der Waals surface area (Å²) in [6.07, 6.45) is 6.36. The van der Waals surface area contributed by atoms with E-state index in [1.165, 1.54) is 0 Å². The smallest absolute Gasteiger partial charge is 0.254 e. The number of amides is 1. The van der Waals surface area contributed by atoms with Gasteiger partial charge in [-0.05, 0) is 31.4 Å². The lowest BCUT2D eigenvalue weighted by molar-refractivity contribution is 0.0952. The number of unbranched alkanes of at least 4 members (excludes halogenated alkanes) is 2. The number of aryl methyl sites for hydroxylation is 2. The van der Waals surface area contributed by atoms with Crippen molar-refractivity contribution in [2.75, 3.05) is 11.9 Å². The number of carbonyl (C=O) groups is 1. The number of carbonyl (C=O) groups excluding carboxylic acids is 1. The summed E-state index contributed by atoms with van der Waals surface area (Å²) in [6.45, 7) is 6.90. The first-order valence-electron chi connectivity index (χ1n) is 8.05. The van der Waals surface area contributed by atoms with E-state index in [9.17, 15) is 4.79 Å². The fourth-order valence-corrected chi connectivity index (χ4v) is 2.31. The average molecular weight is 312 g/mol. The molecule has 122 valence electrons. The van der Waals surface area contributed by atoms with Crippen LogP contribution in [0.4, 0.5) is 11.6 Å². The minimum atomic E-state index is -0.125. The molecule has 1 amide bonds. The highest BCUT2D eigenvalue weighted by Gasteiger charge is 2.08. The van der Waals surface area contributed by atoms with E-state index in [1.54, 1.807) is 12.4 Å². The van der Waals surface area contributed by atoms with Crippen molar-refractivity contribution in [2.24, 2.45) is 0 Å². The molecule has 5 nitrogen and oxygen atoms in total. The van der Waals surface area contributed by atoms with Crippen molar-refractivity contribution in [3.8, 4) is 0 Å². The molecule has 0 radical (unpaired) electrons. The molecular formula is C18H24N4O. The molecule has 0 aliphatic carbocycles. The van der Waals surface area contributed by atoms with Gasteiger partial charge in [0.15, 0.2) is 0 Å². The number of rotatable bonds is 7. The normalized spacial score (nSPS) is 10.4. The number of hydrogen-bond acceptors (Lipinski definition) is 4. The van der Waals surface area contributed by atoms with E-state index in [0.29, 0.717) is 18.1 Å². The van der Waals surface area contributed by atoms with Crippen LogP contribution in [0.1, 0.15) is 47.7 Å². The third-order valence-corrected chi connectivity index (χ3v) is 3.70. The minimum Gasteiger partial charge on any atom is -0.352 e. The Bertz CT molecular complexity index is 632. The van der Waals surface area contributed by atoms with Crippen LogP contribution in [0.15, 0.2) is 30.6 Å². The van der Waals surface area contributed by atoms with Crippen LogP contribution in [0.3, 0.4) is 0 Å². The predicted octanol–water partition coefficient (Wildman–Crippen LogP) is 3.76. The molecule has 0 saturated carbocycles. The van der Waals surface area contributed by atoms with Crippen LogP contribution in [-0.4, -0.2) is 22.4 Å². The lowest BCUT2D eigenvalue weighted by atomic mass is 10.1. The highest BCUT2D eigenvalue weighted by molar-refractivity contribution is 5.93. The second kappa shape index (κ2) is 8.27. The number of anilines is 2. The van der Waals surface area contributed by atoms with Crippen molar-refractivity contribution in [3.05, 3.63) is 47.3 Å². The van der Waals surface area contributed by atoms with Gasteiger partial charge in [0.2, 0.25) is 5.95 Å². The first-order valence-corrected chi connectivity index (χ1v) is 8.05. The molecule has 1 aromatic heterocycles. The zero-order valence-electron chi connectivity index (χ0n) is 14.0. The summed E-state index contributed by atoms with van der Waals surface area (Å²) in [6, 6.07) is 6.09. The third-order valence-electron chi connectivity index (χ3n) is 3.70. The molecule has 2 aromatic rings. The van der Waals surface area contributed by atoms with E-state index in [0.717, 1.165) is 36.1 Å². The van der Waals surface area contributed by atoms with Gasteiger partial charge in [0.25, 0.3) is 5.91 Å². The van der Waals surface area contributed by atoms with Crippen molar-refractivity contribution in [1.29, 1.82) is 0 Å². The van der Waals surface area contributed by atoms with Crippen LogP contribution in [0.2, 0.25) is 0 Å². The van der Waals surface area contributed by atoms with E-state index < -0.39 is 0 Å². The molecule has 2 rings (SSSR count). The Morgan fingerprint density at radius 2 is 1.74 bits per heavy atom. The summed E-state index contributed by atoms with van der Waals surface area (Å²) in [5.74, 6) is 0.365. The Balaban J connectivity index is 1.98. The van der Waals surface area contributed by atoms with E-state index >= 15 is 0 Å². The van der Waals surface area contributed by atoms with Crippen LogP contribution in [-0.2, 0) is 0 Å². The lowest BCUT2D eigenvalue weighted by Gasteiger charge is -2.11. The quantitative estimate of drug-likeness (QED) is 0.764. The number of benzene rings is 1. The molecule has 1 aromatic carbocycles. The molecule has 0 saturated heterocycles. The average Bonchev–Trinajstić information content (AvgIpc) is 2.55. The SMILES string of the molecule is CCCCCNC(=O)c1cnc(Nc2c(C)cccc2C)nc1. The Morgan fingerprint density at radius 1 is 1.09 bits per heavy atom. The molecule has 0 bridgehead atoms. The first kappa shape index (κ1) is 16.9. The largest absolute Gasteiger partial charge is 0.352 e. The van der Waals surface area contributed by atoms with E-state index in [1.807, 2.05) is 32.0 Å². The molecular weight excluding hydrogens is 288 g/mol. The summed E-state index contributed by atoms with van der Waals surface area (Å²) in [5, 5.41) is 6.09. The molecule has 23 heavy (non-hydrogen) atoms. The van der Waals surface area contributed by atoms with Crippen molar-refractivity contribution >= 4 is 17.5 Å². The third kappa shape index (κ3) is 4.77. The van der Waals surface area contributed by atoms with Gasteiger partial charge in [0, 0.05) is 24.6 Å². The Morgan fingerprint density at radius 3 is 2.35 bits per heavy atom. The van der Waals surface area contributed by atoms with Gasteiger partial charge in [-0.3, -0.25) is 4.79 Å². The summed E-state index contributed by atoms with van der Waals surface area (Å²) >= 11 is 0. The fourth-order valence-electron chi connectivity index (χ4n) is 2.31. The van der Waals surface area contributed by atoms with Gasteiger partial charge in [0.1, 0.15) is 0 Å². The summed E-state index contributed by atoms with van der Waals surface area (Å²) < 4.78 is 0. The second-order valence-electron chi connectivity index (χ2n) is 5.65.